The molecule has 1 atom stereocenters. The van der Waals surface area contributed by atoms with Crippen molar-refractivity contribution >= 4 is 27.6 Å². The second-order valence-corrected chi connectivity index (χ2v) is 10.3. The Bertz CT molecular complexity index is 1160. The van der Waals surface area contributed by atoms with Gasteiger partial charge >= 0.3 is 5.97 Å². The fraction of sp³-hybridized carbons (Fsp3) is 0.417. The van der Waals surface area contributed by atoms with E-state index in [0.29, 0.717) is 32.5 Å². The number of esters is 1. The number of anilines is 1. The molecule has 0 unspecified atom stereocenters. The lowest BCUT2D eigenvalue weighted by molar-refractivity contribution is -0.126. The number of ether oxygens (including phenoxy) is 1. The van der Waals surface area contributed by atoms with Gasteiger partial charge in [-0.25, -0.2) is 17.6 Å². The molecule has 2 aromatic rings. The molecule has 33 heavy (non-hydrogen) atoms. The summed E-state index contributed by atoms with van der Waals surface area (Å²) in [4.78, 5) is 26.8. The lowest BCUT2D eigenvalue weighted by Gasteiger charge is -2.31. The van der Waals surface area contributed by atoms with E-state index < -0.39 is 32.8 Å². The summed E-state index contributed by atoms with van der Waals surface area (Å²) >= 11 is 0. The third kappa shape index (κ3) is 4.79. The number of carbonyl (C=O) groups is 2. The number of hydrogen-bond acceptors (Lipinski definition) is 5. The van der Waals surface area contributed by atoms with E-state index >= 15 is 0 Å². The highest BCUT2D eigenvalue weighted by Crippen LogP contribution is 2.28. The largest absolute Gasteiger partial charge is 0.449 e. The van der Waals surface area contributed by atoms with E-state index in [1.54, 1.807) is 4.90 Å². The second kappa shape index (κ2) is 9.61. The van der Waals surface area contributed by atoms with E-state index in [-0.39, 0.29) is 11.5 Å². The molecule has 0 radical (unpaired) electrons. The topological polar surface area (TPSA) is 84.0 Å². The molecule has 2 heterocycles. The summed E-state index contributed by atoms with van der Waals surface area (Å²) in [5.74, 6) is -2.17. The highest BCUT2D eigenvalue weighted by molar-refractivity contribution is 7.89. The van der Waals surface area contributed by atoms with E-state index in [9.17, 15) is 22.4 Å². The number of piperidine rings is 1. The van der Waals surface area contributed by atoms with Crippen LogP contribution in [0, 0.1) is 5.82 Å². The summed E-state index contributed by atoms with van der Waals surface area (Å²) < 4.78 is 46.9. The van der Waals surface area contributed by atoms with Crippen molar-refractivity contribution in [3.63, 3.8) is 0 Å². The standard InChI is InChI=1S/C24H27FN2O5S/c1-17(23(28)27-15-7-9-18-8-3-4-10-21(18)27)32-24(29)19-11-12-20(25)22(16-19)33(30,31)26-13-5-2-6-14-26/h3-4,8,10-12,16-17H,2,5-7,9,13-15H2,1H3/t17-/m0/s1. The molecule has 2 aromatic carbocycles. The Morgan fingerprint density at radius 2 is 1.73 bits per heavy atom. The molecular formula is C24H27FN2O5S. The van der Waals surface area contributed by atoms with E-state index in [0.717, 1.165) is 42.6 Å². The first kappa shape index (κ1) is 23.4. The minimum Gasteiger partial charge on any atom is -0.449 e. The van der Waals surface area contributed by atoms with Gasteiger partial charge in [-0.2, -0.15) is 4.31 Å². The third-order valence-electron chi connectivity index (χ3n) is 6.11. The van der Waals surface area contributed by atoms with E-state index in [2.05, 4.69) is 0 Å². The maximum atomic E-state index is 14.4. The summed E-state index contributed by atoms with van der Waals surface area (Å²) in [5, 5.41) is 0. The Balaban J connectivity index is 1.51. The molecule has 0 aliphatic carbocycles. The Labute approximate surface area is 193 Å². The number of amides is 1. The molecule has 2 aliphatic rings. The van der Waals surface area contributed by atoms with Crippen molar-refractivity contribution in [1.29, 1.82) is 0 Å². The molecular weight excluding hydrogens is 447 g/mol. The quantitative estimate of drug-likeness (QED) is 0.619. The summed E-state index contributed by atoms with van der Waals surface area (Å²) in [7, 11) is -4.07. The van der Waals surface area contributed by atoms with Gasteiger partial charge < -0.3 is 9.64 Å². The van der Waals surface area contributed by atoms with Gasteiger partial charge in [-0.1, -0.05) is 24.6 Å². The van der Waals surface area contributed by atoms with Crippen molar-refractivity contribution in [1.82, 2.24) is 4.31 Å². The van der Waals surface area contributed by atoms with Crippen LogP contribution in [0.1, 0.15) is 48.5 Å². The number of fused-ring (bicyclic) bond motifs is 1. The number of sulfonamides is 1. The molecule has 7 nitrogen and oxygen atoms in total. The van der Waals surface area contributed by atoms with Crippen LogP contribution < -0.4 is 4.90 Å². The van der Waals surface area contributed by atoms with Gasteiger partial charge in [0.05, 0.1) is 5.56 Å². The normalized spacial score (nSPS) is 17.8. The number of hydrogen-bond donors (Lipinski definition) is 0. The van der Waals surface area contributed by atoms with Crippen LogP contribution in [-0.4, -0.2) is 50.3 Å². The van der Waals surface area contributed by atoms with Gasteiger partial charge in [-0.05, 0) is 62.4 Å². The van der Waals surface area contributed by atoms with Crippen LogP contribution in [0.3, 0.4) is 0 Å². The summed E-state index contributed by atoms with van der Waals surface area (Å²) in [5.41, 5.74) is 1.74. The molecule has 1 amide bonds. The van der Waals surface area contributed by atoms with Crippen LogP contribution in [-0.2, 0) is 26.0 Å². The first-order valence-corrected chi connectivity index (χ1v) is 12.6. The zero-order valence-corrected chi connectivity index (χ0v) is 19.3. The second-order valence-electron chi connectivity index (χ2n) is 8.38. The van der Waals surface area contributed by atoms with Gasteiger partial charge in [0.1, 0.15) is 10.7 Å². The van der Waals surface area contributed by atoms with Crippen LogP contribution in [0.2, 0.25) is 0 Å². The van der Waals surface area contributed by atoms with Gasteiger partial charge in [0.2, 0.25) is 10.0 Å². The predicted molar refractivity (Wildman–Crippen MR) is 121 cm³/mol. The molecule has 176 valence electrons. The Morgan fingerprint density at radius 3 is 2.48 bits per heavy atom. The molecule has 9 heteroatoms. The minimum absolute atomic E-state index is 0.120. The van der Waals surface area contributed by atoms with Crippen LogP contribution >= 0.6 is 0 Å². The monoisotopic (exact) mass is 474 g/mol. The predicted octanol–water partition coefficient (Wildman–Crippen LogP) is 3.53. The average Bonchev–Trinajstić information content (AvgIpc) is 2.83. The van der Waals surface area contributed by atoms with Gasteiger partial charge in [-0.15, -0.1) is 0 Å². The number of halogens is 1. The molecule has 0 saturated carbocycles. The molecule has 1 saturated heterocycles. The maximum Gasteiger partial charge on any atom is 0.338 e. The average molecular weight is 475 g/mol. The summed E-state index contributed by atoms with van der Waals surface area (Å²) in [6.07, 6.45) is 2.94. The molecule has 0 aromatic heterocycles. The minimum atomic E-state index is -4.07. The molecule has 1 fully saturated rings. The number of aryl methyl sites for hydroxylation is 1. The molecule has 4 rings (SSSR count). The summed E-state index contributed by atoms with van der Waals surface area (Å²) in [6, 6.07) is 10.7. The highest BCUT2D eigenvalue weighted by Gasteiger charge is 2.31. The molecule has 0 N–H and O–H groups in total. The summed E-state index contributed by atoms with van der Waals surface area (Å²) in [6.45, 7) is 2.64. The Kier molecular flexibility index (Phi) is 6.81. The first-order chi connectivity index (χ1) is 15.8. The number of nitrogens with zero attached hydrogens (tertiary/aromatic N) is 2. The van der Waals surface area contributed by atoms with Crippen molar-refractivity contribution in [2.45, 2.75) is 50.0 Å². The van der Waals surface area contributed by atoms with Crippen molar-refractivity contribution in [3.8, 4) is 0 Å². The van der Waals surface area contributed by atoms with Crippen LogP contribution in [0.4, 0.5) is 10.1 Å². The van der Waals surface area contributed by atoms with Crippen LogP contribution in [0.15, 0.2) is 47.4 Å². The van der Waals surface area contributed by atoms with Gasteiger partial charge in [-0.3, -0.25) is 4.79 Å². The number of benzene rings is 2. The van der Waals surface area contributed by atoms with Crippen molar-refractivity contribution < 1.29 is 27.1 Å². The van der Waals surface area contributed by atoms with E-state index in [4.69, 9.17) is 4.74 Å². The van der Waals surface area contributed by atoms with Crippen molar-refractivity contribution in [2.75, 3.05) is 24.5 Å². The lowest BCUT2D eigenvalue weighted by Crippen LogP contribution is -2.42. The lowest BCUT2D eigenvalue weighted by atomic mass is 10.0. The number of para-hydroxylation sites is 1. The van der Waals surface area contributed by atoms with Crippen molar-refractivity contribution in [2.24, 2.45) is 0 Å². The fourth-order valence-electron chi connectivity index (χ4n) is 4.33. The third-order valence-corrected chi connectivity index (χ3v) is 8.02. The van der Waals surface area contributed by atoms with Gasteiger partial charge in [0, 0.05) is 25.3 Å². The van der Waals surface area contributed by atoms with Crippen LogP contribution in [0.5, 0.6) is 0 Å². The fourth-order valence-corrected chi connectivity index (χ4v) is 5.94. The number of rotatable bonds is 5. The van der Waals surface area contributed by atoms with Crippen molar-refractivity contribution in [3.05, 3.63) is 59.4 Å². The zero-order valence-electron chi connectivity index (χ0n) is 18.5. The SMILES string of the molecule is C[C@H](OC(=O)c1ccc(F)c(S(=O)(=O)N2CCCCC2)c1)C(=O)N1CCCc2ccccc21. The maximum absolute atomic E-state index is 14.4. The van der Waals surface area contributed by atoms with E-state index in [1.807, 2.05) is 24.3 Å². The Morgan fingerprint density at radius 1 is 1.00 bits per heavy atom. The van der Waals surface area contributed by atoms with Gasteiger partial charge in [0.25, 0.3) is 5.91 Å². The molecule has 0 bridgehead atoms. The van der Waals surface area contributed by atoms with Crippen LogP contribution in [0.25, 0.3) is 0 Å². The molecule has 0 spiro atoms. The van der Waals surface area contributed by atoms with E-state index in [1.165, 1.54) is 17.3 Å². The molecule has 2 aliphatic heterocycles. The zero-order chi connectivity index (χ0) is 23.6. The first-order valence-electron chi connectivity index (χ1n) is 11.2. The smallest absolute Gasteiger partial charge is 0.338 e. The number of carbonyl (C=O) groups excluding carboxylic acids is 2. The Hall–Kier alpha value is -2.78. The van der Waals surface area contributed by atoms with Gasteiger partial charge in [0.15, 0.2) is 6.10 Å². The highest BCUT2D eigenvalue weighted by atomic mass is 32.2.